The van der Waals surface area contributed by atoms with Crippen molar-refractivity contribution >= 4 is 15.8 Å². The van der Waals surface area contributed by atoms with Crippen LogP contribution in [-0.4, -0.2) is 13.4 Å². The molecule has 0 aliphatic heterocycles. The summed E-state index contributed by atoms with van der Waals surface area (Å²) in [5.41, 5.74) is 1.06. The van der Waals surface area contributed by atoms with Crippen LogP contribution in [-0.2, 0) is 16.6 Å². The van der Waals surface area contributed by atoms with Gasteiger partial charge in [0.05, 0.1) is 4.90 Å². The van der Waals surface area contributed by atoms with Crippen molar-refractivity contribution in [1.29, 1.82) is 5.26 Å². The predicted molar refractivity (Wildman–Crippen MR) is 74.1 cm³/mol. The van der Waals surface area contributed by atoms with Crippen molar-refractivity contribution in [2.75, 3.05) is 5.32 Å². The Morgan fingerprint density at radius 1 is 1.25 bits per heavy atom. The lowest BCUT2D eigenvalue weighted by Gasteiger charge is -2.07. The van der Waals surface area contributed by atoms with Gasteiger partial charge in [-0.3, -0.25) is 0 Å². The zero-order chi connectivity index (χ0) is 14.6. The number of nitriles is 1. The second-order valence-electron chi connectivity index (χ2n) is 4.07. The maximum Gasteiger partial charge on any atom is 0.238 e. The summed E-state index contributed by atoms with van der Waals surface area (Å²) in [6.07, 6.45) is 0. The number of anilines is 1. The van der Waals surface area contributed by atoms with Crippen LogP contribution in [0.1, 0.15) is 11.3 Å². The van der Waals surface area contributed by atoms with Gasteiger partial charge in [0, 0.05) is 6.54 Å². The van der Waals surface area contributed by atoms with Gasteiger partial charge in [0.15, 0.2) is 0 Å². The number of hydrogen-bond acceptors (Lipinski definition) is 5. The van der Waals surface area contributed by atoms with Crippen molar-refractivity contribution in [2.45, 2.75) is 11.4 Å². The van der Waals surface area contributed by atoms with Crippen LogP contribution >= 0.6 is 0 Å². The van der Waals surface area contributed by atoms with Gasteiger partial charge in [-0.2, -0.15) is 5.26 Å². The minimum absolute atomic E-state index is 0.0653. The molecule has 2 aromatic rings. The molecule has 7 heteroatoms. The highest BCUT2D eigenvalue weighted by molar-refractivity contribution is 7.89. The van der Waals surface area contributed by atoms with Gasteiger partial charge in [0.1, 0.15) is 17.6 Å². The Bertz CT molecular complexity index is 766. The first-order valence-corrected chi connectivity index (χ1v) is 7.26. The lowest BCUT2D eigenvalue weighted by Crippen LogP contribution is -2.12. The van der Waals surface area contributed by atoms with Gasteiger partial charge in [-0.25, -0.2) is 18.5 Å². The standard InChI is InChI=1S/C13H12N4O2S/c14-8-11-4-2-6-13(17-11)16-9-10-3-1-5-12(7-10)20(15,18)19/h1-7H,9H2,(H,16,17)(H2,15,18,19). The molecule has 1 heterocycles. The summed E-state index contributed by atoms with van der Waals surface area (Å²) in [5, 5.41) is 16.8. The van der Waals surface area contributed by atoms with Crippen LogP contribution in [0, 0.1) is 11.3 Å². The Balaban J connectivity index is 2.13. The molecule has 0 aliphatic carbocycles. The van der Waals surface area contributed by atoms with Crippen molar-refractivity contribution in [2.24, 2.45) is 5.14 Å². The minimum Gasteiger partial charge on any atom is -0.366 e. The Hall–Kier alpha value is -2.43. The number of rotatable bonds is 4. The first kappa shape index (κ1) is 14.0. The van der Waals surface area contributed by atoms with Gasteiger partial charge in [0.25, 0.3) is 0 Å². The maximum absolute atomic E-state index is 11.3. The predicted octanol–water partition coefficient (Wildman–Crippen LogP) is 1.21. The van der Waals surface area contributed by atoms with Gasteiger partial charge in [-0.05, 0) is 29.8 Å². The van der Waals surface area contributed by atoms with Crippen molar-refractivity contribution in [3.8, 4) is 6.07 Å². The SMILES string of the molecule is N#Cc1cccc(NCc2cccc(S(N)(=O)=O)c2)n1. The molecule has 0 saturated heterocycles. The first-order valence-electron chi connectivity index (χ1n) is 5.72. The van der Waals surface area contributed by atoms with Crippen LogP contribution in [0.5, 0.6) is 0 Å². The number of hydrogen-bond donors (Lipinski definition) is 2. The molecule has 0 aliphatic rings. The fraction of sp³-hybridized carbons (Fsp3) is 0.0769. The smallest absolute Gasteiger partial charge is 0.238 e. The van der Waals surface area contributed by atoms with E-state index in [1.807, 2.05) is 6.07 Å². The third-order valence-electron chi connectivity index (χ3n) is 2.56. The van der Waals surface area contributed by atoms with E-state index in [0.29, 0.717) is 18.1 Å². The maximum atomic E-state index is 11.3. The quantitative estimate of drug-likeness (QED) is 0.879. The molecular formula is C13H12N4O2S. The fourth-order valence-electron chi connectivity index (χ4n) is 1.62. The minimum atomic E-state index is -3.71. The van der Waals surface area contributed by atoms with E-state index in [1.54, 1.807) is 30.3 Å². The molecule has 1 aromatic carbocycles. The number of nitrogens with one attached hydrogen (secondary N) is 1. The average molecular weight is 288 g/mol. The third-order valence-corrected chi connectivity index (χ3v) is 3.48. The summed E-state index contributed by atoms with van der Waals surface area (Å²) in [6.45, 7) is 0.380. The van der Waals surface area contributed by atoms with E-state index < -0.39 is 10.0 Å². The van der Waals surface area contributed by atoms with Gasteiger partial charge in [-0.15, -0.1) is 0 Å². The molecule has 20 heavy (non-hydrogen) atoms. The van der Waals surface area contributed by atoms with Crippen LogP contribution in [0.2, 0.25) is 0 Å². The highest BCUT2D eigenvalue weighted by atomic mass is 32.2. The van der Waals surface area contributed by atoms with E-state index >= 15 is 0 Å². The molecule has 0 fully saturated rings. The van der Waals surface area contributed by atoms with Crippen molar-refractivity contribution < 1.29 is 8.42 Å². The highest BCUT2D eigenvalue weighted by Crippen LogP contribution is 2.12. The number of pyridine rings is 1. The normalized spacial score (nSPS) is 10.8. The molecule has 1 aromatic heterocycles. The van der Waals surface area contributed by atoms with Crippen LogP contribution in [0.3, 0.4) is 0 Å². The molecule has 0 atom stereocenters. The van der Waals surface area contributed by atoms with E-state index in [1.165, 1.54) is 12.1 Å². The van der Waals surface area contributed by atoms with E-state index in [4.69, 9.17) is 10.4 Å². The number of nitrogens with zero attached hydrogens (tertiary/aromatic N) is 2. The van der Waals surface area contributed by atoms with Crippen molar-refractivity contribution in [3.63, 3.8) is 0 Å². The fourth-order valence-corrected chi connectivity index (χ4v) is 2.20. The largest absolute Gasteiger partial charge is 0.366 e. The molecule has 3 N–H and O–H groups in total. The molecule has 0 unspecified atom stereocenters. The molecule has 0 saturated carbocycles. The Morgan fingerprint density at radius 3 is 2.70 bits per heavy atom. The Kier molecular flexibility index (Phi) is 3.98. The van der Waals surface area contributed by atoms with Gasteiger partial charge in [0.2, 0.25) is 10.0 Å². The average Bonchev–Trinajstić information content (AvgIpc) is 2.45. The monoisotopic (exact) mass is 288 g/mol. The summed E-state index contributed by atoms with van der Waals surface area (Å²) in [6, 6.07) is 13.3. The zero-order valence-corrected chi connectivity index (χ0v) is 11.3. The van der Waals surface area contributed by atoms with E-state index in [9.17, 15) is 8.42 Å². The van der Waals surface area contributed by atoms with Crippen LogP contribution in [0.25, 0.3) is 0 Å². The molecule has 2 rings (SSSR count). The summed E-state index contributed by atoms with van der Waals surface area (Å²) in [5.74, 6) is 0.546. The summed E-state index contributed by atoms with van der Waals surface area (Å²) >= 11 is 0. The molecule has 0 bridgehead atoms. The van der Waals surface area contributed by atoms with Gasteiger partial charge in [-0.1, -0.05) is 18.2 Å². The zero-order valence-electron chi connectivity index (χ0n) is 10.4. The second-order valence-corrected chi connectivity index (χ2v) is 5.63. The molecule has 0 amide bonds. The van der Waals surface area contributed by atoms with E-state index in [2.05, 4.69) is 10.3 Å². The third kappa shape index (κ3) is 3.54. The number of benzene rings is 1. The lowest BCUT2D eigenvalue weighted by atomic mass is 10.2. The van der Waals surface area contributed by atoms with Crippen molar-refractivity contribution in [3.05, 3.63) is 53.7 Å². The van der Waals surface area contributed by atoms with E-state index in [0.717, 1.165) is 5.56 Å². The van der Waals surface area contributed by atoms with Crippen molar-refractivity contribution in [1.82, 2.24) is 4.98 Å². The summed E-state index contributed by atoms with van der Waals surface area (Å²) in [4.78, 5) is 4.13. The Labute approximate surface area is 116 Å². The Morgan fingerprint density at radius 2 is 2.00 bits per heavy atom. The van der Waals surface area contributed by atoms with Gasteiger partial charge >= 0.3 is 0 Å². The van der Waals surface area contributed by atoms with E-state index in [-0.39, 0.29) is 4.90 Å². The molecular weight excluding hydrogens is 276 g/mol. The molecule has 102 valence electrons. The van der Waals surface area contributed by atoms with Gasteiger partial charge < -0.3 is 5.32 Å². The number of aromatic nitrogens is 1. The molecule has 0 radical (unpaired) electrons. The number of sulfonamides is 1. The van der Waals surface area contributed by atoms with Crippen LogP contribution < -0.4 is 10.5 Å². The topological polar surface area (TPSA) is 109 Å². The molecule has 0 spiro atoms. The second kappa shape index (κ2) is 5.69. The first-order chi connectivity index (χ1) is 9.49. The number of nitrogens with two attached hydrogens (primary N) is 1. The van der Waals surface area contributed by atoms with Crippen LogP contribution in [0.4, 0.5) is 5.82 Å². The summed E-state index contributed by atoms with van der Waals surface area (Å²) in [7, 11) is -3.71. The van der Waals surface area contributed by atoms with Crippen LogP contribution in [0.15, 0.2) is 47.4 Å². The number of primary sulfonamides is 1. The lowest BCUT2D eigenvalue weighted by molar-refractivity contribution is 0.597. The summed E-state index contributed by atoms with van der Waals surface area (Å²) < 4.78 is 22.5. The molecule has 6 nitrogen and oxygen atoms in total. The highest BCUT2D eigenvalue weighted by Gasteiger charge is 2.07.